The van der Waals surface area contributed by atoms with Gasteiger partial charge in [0.05, 0.1) is 19.2 Å². The predicted molar refractivity (Wildman–Crippen MR) is 92.1 cm³/mol. The topological polar surface area (TPSA) is 104 Å². The van der Waals surface area contributed by atoms with Gasteiger partial charge in [0.2, 0.25) is 11.8 Å². The van der Waals surface area contributed by atoms with Crippen LogP contribution < -0.4 is 16.4 Å². The zero-order valence-electron chi connectivity index (χ0n) is 13.2. The smallest absolute Gasteiger partial charge is 0.243 e. The maximum Gasteiger partial charge on any atom is 0.243 e. The molecule has 0 radical (unpaired) electrons. The lowest BCUT2D eigenvalue weighted by Crippen LogP contribution is -2.44. The Hall–Kier alpha value is -2.70. The van der Waals surface area contributed by atoms with Gasteiger partial charge in [-0.1, -0.05) is 42.5 Å². The predicted octanol–water partition coefficient (Wildman–Crippen LogP) is 0.804. The van der Waals surface area contributed by atoms with Crippen LogP contribution in [0.5, 0.6) is 0 Å². The second-order valence-corrected chi connectivity index (χ2v) is 5.42. The van der Waals surface area contributed by atoms with Crippen LogP contribution in [0.15, 0.2) is 54.6 Å². The molecule has 6 heteroatoms. The van der Waals surface area contributed by atoms with Crippen molar-refractivity contribution < 1.29 is 14.7 Å². The molecule has 6 nitrogen and oxygen atoms in total. The zero-order valence-corrected chi connectivity index (χ0v) is 13.2. The lowest BCUT2D eigenvalue weighted by atomic mass is 10.1. The number of amides is 2. The maximum atomic E-state index is 11.9. The highest BCUT2D eigenvalue weighted by atomic mass is 16.3. The van der Waals surface area contributed by atoms with E-state index in [-0.39, 0.29) is 25.0 Å². The third-order valence-electron chi connectivity index (χ3n) is 3.48. The van der Waals surface area contributed by atoms with E-state index in [0.717, 1.165) is 11.1 Å². The molecule has 0 aliphatic carbocycles. The van der Waals surface area contributed by atoms with Crippen LogP contribution in [-0.2, 0) is 22.6 Å². The summed E-state index contributed by atoms with van der Waals surface area (Å²) in [6.45, 7) is -0.202. The van der Waals surface area contributed by atoms with Crippen LogP contribution in [-0.4, -0.2) is 29.5 Å². The van der Waals surface area contributed by atoms with E-state index in [4.69, 9.17) is 10.8 Å². The summed E-state index contributed by atoms with van der Waals surface area (Å²) in [7, 11) is 0. The van der Waals surface area contributed by atoms with Gasteiger partial charge in [-0.25, -0.2) is 0 Å². The van der Waals surface area contributed by atoms with Crippen LogP contribution in [0.25, 0.3) is 0 Å². The minimum Gasteiger partial charge on any atom is -0.392 e. The zero-order chi connectivity index (χ0) is 17.4. The van der Waals surface area contributed by atoms with Gasteiger partial charge in [-0.3, -0.25) is 9.59 Å². The Bertz CT molecular complexity index is 672. The van der Waals surface area contributed by atoms with Crippen LogP contribution in [0.2, 0.25) is 0 Å². The maximum absolute atomic E-state index is 11.9. The second kappa shape index (κ2) is 8.81. The fourth-order valence-electron chi connectivity index (χ4n) is 2.16. The van der Waals surface area contributed by atoms with Crippen molar-refractivity contribution in [3.05, 3.63) is 65.7 Å². The molecular formula is C18H21N3O3. The van der Waals surface area contributed by atoms with Crippen LogP contribution in [0.1, 0.15) is 11.1 Å². The molecular weight excluding hydrogens is 306 g/mol. The molecule has 0 saturated heterocycles. The third kappa shape index (κ3) is 5.49. The van der Waals surface area contributed by atoms with Gasteiger partial charge in [0.15, 0.2) is 0 Å². The highest BCUT2D eigenvalue weighted by molar-refractivity contribution is 5.95. The van der Waals surface area contributed by atoms with Crippen molar-refractivity contribution in [3.8, 4) is 0 Å². The number of nitrogens with one attached hydrogen (secondary N) is 2. The molecule has 5 N–H and O–H groups in total. The summed E-state index contributed by atoms with van der Waals surface area (Å²) in [6.07, 6.45) is 0.414. The molecule has 0 unspecified atom stereocenters. The molecule has 2 aromatic rings. The number of hydrogen-bond donors (Lipinski definition) is 4. The second-order valence-electron chi connectivity index (χ2n) is 5.42. The first-order valence-corrected chi connectivity index (χ1v) is 7.65. The van der Waals surface area contributed by atoms with Gasteiger partial charge < -0.3 is 21.5 Å². The highest BCUT2D eigenvalue weighted by Gasteiger charge is 2.14. The first kappa shape index (κ1) is 17.7. The lowest BCUT2D eigenvalue weighted by molar-refractivity contribution is -0.125. The summed E-state index contributed by atoms with van der Waals surface area (Å²) in [5, 5.41) is 14.2. The summed E-state index contributed by atoms with van der Waals surface area (Å²) in [4.78, 5) is 23.8. The van der Waals surface area contributed by atoms with E-state index in [0.29, 0.717) is 12.1 Å². The summed E-state index contributed by atoms with van der Waals surface area (Å²) in [5.41, 5.74) is 8.17. The minimum absolute atomic E-state index is 0.0520. The molecule has 1 atom stereocenters. The van der Waals surface area contributed by atoms with Gasteiger partial charge in [-0.15, -0.1) is 0 Å². The van der Waals surface area contributed by atoms with Gasteiger partial charge >= 0.3 is 0 Å². The first-order valence-electron chi connectivity index (χ1n) is 7.65. The van der Waals surface area contributed by atoms with Gasteiger partial charge in [-0.05, 0) is 29.7 Å². The van der Waals surface area contributed by atoms with E-state index in [1.807, 2.05) is 30.3 Å². The van der Waals surface area contributed by atoms with E-state index in [2.05, 4.69) is 10.6 Å². The molecule has 0 heterocycles. The van der Waals surface area contributed by atoms with Crippen LogP contribution >= 0.6 is 0 Å². The van der Waals surface area contributed by atoms with Crippen molar-refractivity contribution in [2.75, 3.05) is 11.9 Å². The molecule has 2 rings (SSSR count). The largest absolute Gasteiger partial charge is 0.392 e. The normalized spacial score (nSPS) is 11.6. The lowest BCUT2D eigenvalue weighted by Gasteiger charge is -2.12. The van der Waals surface area contributed by atoms with Crippen molar-refractivity contribution >= 4 is 17.5 Å². The molecule has 0 saturated carbocycles. The summed E-state index contributed by atoms with van der Waals surface area (Å²) in [5.74, 6) is -0.711. The molecule has 0 aliphatic rings. The Morgan fingerprint density at radius 1 is 1.00 bits per heavy atom. The van der Waals surface area contributed by atoms with Gasteiger partial charge in [0, 0.05) is 5.69 Å². The van der Waals surface area contributed by atoms with Crippen LogP contribution in [0.4, 0.5) is 5.69 Å². The third-order valence-corrected chi connectivity index (χ3v) is 3.48. The van der Waals surface area contributed by atoms with Crippen LogP contribution in [0.3, 0.4) is 0 Å². The number of carbonyl (C=O) groups is 2. The van der Waals surface area contributed by atoms with Crippen molar-refractivity contribution in [3.63, 3.8) is 0 Å². The molecule has 0 aliphatic heterocycles. The quantitative estimate of drug-likeness (QED) is 0.604. The Morgan fingerprint density at radius 2 is 1.67 bits per heavy atom. The Morgan fingerprint density at radius 3 is 2.29 bits per heavy atom. The van der Waals surface area contributed by atoms with E-state index in [1.54, 1.807) is 24.3 Å². The number of carbonyl (C=O) groups excluding carboxylic acids is 2. The summed E-state index contributed by atoms with van der Waals surface area (Å²) >= 11 is 0. The fraction of sp³-hybridized carbons (Fsp3) is 0.222. The molecule has 0 bridgehead atoms. The number of aliphatic hydroxyl groups is 1. The first-order chi connectivity index (χ1) is 11.6. The monoisotopic (exact) mass is 327 g/mol. The molecule has 0 fully saturated rings. The van der Waals surface area contributed by atoms with Crippen molar-refractivity contribution in [2.24, 2.45) is 5.73 Å². The SMILES string of the molecule is N[C@@H](Cc1ccccc1)C(=O)NCC(=O)Nc1ccc(CO)cc1. The minimum atomic E-state index is -0.705. The number of anilines is 1. The van der Waals surface area contributed by atoms with E-state index in [9.17, 15) is 9.59 Å². The molecule has 2 aromatic carbocycles. The molecule has 0 aromatic heterocycles. The van der Waals surface area contributed by atoms with Gasteiger partial charge in [-0.2, -0.15) is 0 Å². The highest BCUT2D eigenvalue weighted by Crippen LogP contribution is 2.09. The summed E-state index contributed by atoms with van der Waals surface area (Å²) in [6, 6.07) is 15.6. The Labute approximate surface area is 140 Å². The van der Waals surface area contributed by atoms with Gasteiger partial charge in [0.25, 0.3) is 0 Å². The Kier molecular flexibility index (Phi) is 6.48. The van der Waals surface area contributed by atoms with E-state index < -0.39 is 6.04 Å². The van der Waals surface area contributed by atoms with Crippen molar-refractivity contribution in [1.82, 2.24) is 5.32 Å². The van der Waals surface area contributed by atoms with Crippen molar-refractivity contribution in [2.45, 2.75) is 19.1 Å². The number of hydrogen-bond acceptors (Lipinski definition) is 4. The molecule has 24 heavy (non-hydrogen) atoms. The molecule has 0 spiro atoms. The van der Waals surface area contributed by atoms with E-state index in [1.165, 1.54) is 0 Å². The fourth-order valence-corrected chi connectivity index (χ4v) is 2.16. The number of aliphatic hydroxyl groups excluding tert-OH is 1. The standard InChI is InChI=1S/C18H21N3O3/c19-16(10-13-4-2-1-3-5-13)18(24)20-11-17(23)21-15-8-6-14(12-22)7-9-15/h1-9,16,22H,10-12,19H2,(H,20,24)(H,21,23)/t16-/m0/s1. The Balaban J connectivity index is 1.76. The van der Waals surface area contributed by atoms with Crippen LogP contribution in [0, 0.1) is 0 Å². The summed E-state index contributed by atoms with van der Waals surface area (Å²) < 4.78 is 0. The number of benzene rings is 2. The number of nitrogens with two attached hydrogens (primary N) is 1. The number of rotatable bonds is 7. The van der Waals surface area contributed by atoms with Gasteiger partial charge in [0.1, 0.15) is 0 Å². The average Bonchev–Trinajstić information content (AvgIpc) is 2.61. The van der Waals surface area contributed by atoms with E-state index >= 15 is 0 Å². The average molecular weight is 327 g/mol. The molecule has 2 amide bonds. The van der Waals surface area contributed by atoms with Crippen molar-refractivity contribution in [1.29, 1.82) is 0 Å². The molecule has 126 valence electrons.